The van der Waals surface area contributed by atoms with Gasteiger partial charge >= 0.3 is 0 Å². The van der Waals surface area contributed by atoms with Crippen molar-refractivity contribution in [2.45, 2.75) is 31.2 Å². The van der Waals surface area contributed by atoms with Gasteiger partial charge in [-0.25, -0.2) is 9.97 Å². The van der Waals surface area contributed by atoms with Crippen molar-refractivity contribution in [1.29, 1.82) is 0 Å². The molecule has 0 bridgehead atoms. The van der Waals surface area contributed by atoms with E-state index in [9.17, 15) is 0 Å². The fourth-order valence-electron chi connectivity index (χ4n) is 3.66. The number of fused-ring (bicyclic) bond motifs is 1. The molecule has 2 aromatic heterocycles. The van der Waals surface area contributed by atoms with Crippen molar-refractivity contribution in [3.8, 4) is 0 Å². The highest BCUT2D eigenvalue weighted by Crippen LogP contribution is 2.32. The van der Waals surface area contributed by atoms with E-state index in [0.717, 1.165) is 43.6 Å². The number of hydrogen-bond acceptors (Lipinski definition) is 7. The van der Waals surface area contributed by atoms with Gasteiger partial charge in [0, 0.05) is 31.9 Å². The first kappa shape index (κ1) is 15.8. The van der Waals surface area contributed by atoms with Gasteiger partial charge in [-0.2, -0.15) is 0 Å². The van der Waals surface area contributed by atoms with E-state index in [4.69, 9.17) is 20.9 Å². The van der Waals surface area contributed by atoms with Gasteiger partial charge in [-0.15, -0.1) is 0 Å². The van der Waals surface area contributed by atoms with Gasteiger partial charge in [-0.1, -0.05) is 0 Å². The lowest BCUT2D eigenvalue weighted by molar-refractivity contribution is -0.0507. The number of nitrogen functional groups attached to an aromatic ring is 1. The van der Waals surface area contributed by atoms with E-state index in [1.165, 1.54) is 6.33 Å². The van der Waals surface area contributed by atoms with E-state index in [0.29, 0.717) is 25.0 Å². The molecule has 0 amide bonds. The Morgan fingerprint density at radius 3 is 3.08 bits per heavy atom. The van der Waals surface area contributed by atoms with Crippen LogP contribution in [0.5, 0.6) is 0 Å². The molecule has 24 heavy (non-hydrogen) atoms. The average Bonchev–Trinajstić information content (AvgIpc) is 3.23. The summed E-state index contributed by atoms with van der Waals surface area (Å²) in [4.78, 5) is 10.8. The van der Waals surface area contributed by atoms with Crippen LogP contribution in [0.1, 0.15) is 19.1 Å². The number of nitrogens with two attached hydrogens (primary N) is 2. The highest BCUT2D eigenvalue weighted by atomic mass is 16.5. The normalized spacial score (nSPS) is 28.6. The van der Waals surface area contributed by atoms with Crippen molar-refractivity contribution in [2.24, 2.45) is 5.73 Å². The van der Waals surface area contributed by atoms with Crippen LogP contribution >= 0.6 is 0 Å². The van der Waals surface area contributed by atoms with E-state index in [1.54, 1.807) is 0 Å². The Labute approximate surface area is 140 Å². The lowest BCUT2D eigenvalue weighted by Crippen LogP contribution is -2.51. The maximum atomic E-state index is 6.29. The molecule has 0 saturated carbocycles. The highest BCUT2D eigenvalue weighted by molar-refractivity contribution is 5.86. The highest BCUT2D eigenvalue weighted by Gasteiger charge is 2.31. The molecule has 3 atom stereocenters. The second kappa shape index (κ2) is 6.64. The number of aromatic nitrogens is 3. The molecular formula is C16H24N6O2. The summed E-state index contributed by atoms with van der Waals surface area (Å²) in [5, 5.41) is 0.876. The Bertz CT molecular complexity index is 705. The lowest BCUT2D eigenvalue weighted by Gasteiger charge is -2.36. The molecule has 2 aromatic rings. The predicted octanol–water partition coefficient (Wildman–Crippen LogP) is 0.351. The van der Waals surface area contributed by atoms with Gasteiger partial charge in [0.15, 0.2) is 0 Å². The van der Waals surface area contributed by atoms with E-state index in [-0.39, 0.29) is 12.3 Å². The molecule has 0 spiro atoms. The summed E-state index contributed by atoms with van der Waals surface area (Å²) in [6.07, 6.45) is 5.69. The Morgan fingerprint density at radius 1 is 1.29 bits per heavy atom. The van der Waals surface area contributed by atoms with E-state index >= 15 is 0 Å². The van der Waals surface area contributed by atoms with Crippen molar-refractivity contribution in [2.75, 3.05) is 38.6 Å². The van der Waals surface area contributed by atoms with Gasteiger partial charge in [0.2, 0.25) is 0 Å². The molecule has 8 nitrogen and oxygen atoms in total. The minimum absolute atomic E-state index is 0.000771. The van der Waals surface area contributed by atoms with E-state index in [1.807, 2.05) is 12.3 Å². The molecule has 0 aliphatic carbocycles. The molecule has 4 heterocycles. The standard InChI is InChI=1S/C16H24N6O2/c17-7-11-9-23-6-5-21(11)8-12-1-2-14(24-12)22-4-3-13-15(18)19-10-20-16(13)22/h3-4,10-12,14H,1-2,5-9,17H2,(H2,18,19,20)/t11-,12?,14?/m1/s1. The van der Waals surface area contributed by atoms with Crippen LogP contribution in [0, 0.1) is 0 Å². The first-order chi connectivity index (χ1) is 11.8. The molecule has 2 aliphatic rings. The number of nitrogens with zero attached hydrogens (tertiary/aromatic N) is 4. The zero-order valence-corrected chi connectivity index (χ0v) is 13.7. The third-order valence-electron chi connectivity index (χ3n) is 5.00. The van der Waals surface area contributed by atoms with Gasteiger partial charge in [0.1, 0.15) is 24.0 Å². The maximum absolute atomic E-state index is 6.29. The summed E-state index contributed by atoms with van der Waals surface area (Å²) >= 11 is 0. The first-order valence-electron chi connectivity index (χ1n) is 8.50. The summed E-state index contributed by atoms with van der Waals surface area (Å²) in [6.45, 7) is 3.92. The molecule has 0 radical (unpaired) electrons. The number of rotatable bonds is 4. The van der Waals surface area contributed by atoms with Crippen molar-refractivity contribution >= 4 is 16.9 Å². The van der Waals surface area contributed by atoms with Crippen molar-refractivity contribution in [3.63, 3.8) is 0 Å². The van der Waals surface area contributed by atoms with Crippen LogP contribution in [-0.4, -0.2) is 64.4 Å². The SMILES string of the molecule is NC[C@@H]1COCCN1CC1CCC(n2ccc3c(N)ncnc32)O1. The third-order valence-corrected chi connectivity index (χ3v) is 5.00. The Balaban J connectivity index is 1.45. The molecule has 2 aliphatic heterocycles. The summed E-state index contributed by atoms with van der Waals surface area (Å²) in [6, 6.07) is 2.25. The fraction of sp³-hybridized carbons (Fsp3) is 0.625. The zero-order chi connectivity index (χ0) is 16.5. The van der Waals surface area contributed by atoms with E-state index < -0.39 is 0 Å². The smallest absolute Gasteiger partial charge is 0.147 e. The average molecular weight is 332 g/mol. The number of anilines is 1. The molecule has 4 N–H and O–H groups in total. The predicted molar refractivity (Wildman–Crippen MR) is 90.3 cm³/mol. The van der Waals surface area contributed by atoms with Crippen LogP contribution in [0.3, 0.4) is 0 Å². The molecular weight excluding hydrogens is 308 g/mol. The second-order valence-corrected chi connectivity index (χ2v) is 6.47. The van der Waals surface area contributed by atoms with Crippen LogP contribution in [-0.2, 0) is 9.47 Å². The number of morpholine rings is 1. The van der Waals surface area contributed by atoms with Crippen molar-refractivity contribution < 1.29 is 9.47 Å². The van der Waals surface area contributed by atoms with Crippen LogP contribution in [0.25, 0.3) is 11.0 Å². The monoisotopic (exact) mass is 332 g/mol. The molecule has 4 rings (SSSR count). The fourth-order valence-corrected chi connectivity index (χ4v) is 3.66. The quantitative estimate of drug-likeness (QED) is 0.832. The second-order valence-electron chi connectivity index (χ2n) is 6.47. The van der Waals surface area contributed by atoms with Gasteiger partial charge in [-0.3, -0.25) is 4.90 Å². The minimum Gasteiger partial charge on any atom is -0.383 e. The molecule has 2 unspecified atom stereocenters. The van der Waals surface area contributed by atoms with Crippen LogP contribution in [0.2, 0.25) is 0 Å². The minimum atomic E-state index is -0.000771. The third kappa shape index (κ3) is 2.86. The Hall–Kier alpha value is -1.74. The summed E-state index contributed by atoms with van der Waals surface area (Å²) < 4.78 is 13.9. The summed E-state index contributed by atoms with van der Waals surface area (Å²) in [5.74, 6) is 0.507. The summed E-state index contributed by atoms with van der Waals surface area (Å²) in [7, 11) is 0. The lowest BCUT2D eigenvalue weighted by atomic mass is 10.1. The number of ether oxygens (including phenoxy) is 2. The summed E-state index contributed by atoms with van der Waals surface area (Å²) in [5.41, 5.74) is 12.6. The molecule has 2 saturated heterocycles. The van der Waals surface area contributed by atoms with E-state index in [2.05, 4.69) is 19.4 Å². The van der Waals surface area contributed by atoms with Gasteiger partial charge in [0.25, 0.3) is 0 Å². The maximum Gasteiger partial charge on any atom is 0.147 e. The van der Waals surface area contributed by atoms with Crippen LogP contribution in [0.4, 0.5) is 5.82 Å². The molecule has 130 valence electrons. The van der Waals surface area contributed by atoms with Gasteiger partial charge < -0.3 is 25.5 Å². The van der Waals surface area contributed by atoms with Crippen molar-refractivity contribution in [1.82, 2.24) is 19.4 Å². The zero-order valence-electron chi connectivity index (χ0n) is 13.7. The number of hydrogen-bond donors (Lipinski definition) is 2. The largest absolute Gasteiger partial charge is 0.383 e. The van der Waals surface area contributed by atoms with Gasteiger partial charge in [-0.05, 0) is 18.9 Å². The van der Waals surface area contributed by atoms with Crippen LogP contribution in [0.15, 0.2) is 18.6 Å². The molecule has 2 fully saturated rings. The topological polar surface area (TPSA) is 104 Å². The Kier molecular flexibility index (Phi) is 4.36. The molecule has 0 aromatic carbocycles. The Morgan fingerprint density at radius 2 is 2.21 bits per heavy atom. The van der Waals surface area contributed by atoms with Gasteiger partial charge in [0.05, 0.1) is 24.7 Å². The van der Waals surface area contributed by atoms with Crippen LogP contribution < -0.4 is 11.5 Å². The molecule has 8 heteroatoms. The first-order valence-corrected chi connectivity index (χ1v) is 8.50. The van der Waals surface area contributed by atoms with Crippen molar-refractivity contribution in [3.05, 3.63) is 18.6 Å².